The zero-order valence-corrected chi connectivity index (χ0v) is 15.6. The van der Waals surface area contributed by atoms with Crippen molar-refractivity contribution < 1.29 is 23.2 Å². The Balaban J connectivity index is 1.37. The van der Waals surface area contributed by atoms with Gasteiger partial charge >= 0.3 is 11.5 Å². The number of para-hydroxylation sites is 2. The summed E-state index contributed by atoms with van der Waals surface area (Å²) in [6.45, 7) is 0.141. The first-order valence-electron chi connectivity index (χ1n) is 9.00. The highest BCUT2D eigenvalue weighted by atomic mass is 16.5. The van der Waals surface area contributed by atoms with E-state index in [0.29, 0.717) is 22.5 Å². The number of benzene rings is 2. The number of rotatable bonds is 5. The van der Waals surface area contributed by atoms with Gasteiger partial charge < -0.3 is 13.6 Å². The molecule has 0 atom stereocenters. The molecule has 0 saturated carbocycles. The molecule has 150 valence electrons. The van der Waals surface area contributed by atoms with Gasteiger partial charge in [-0.2, -0.15) is 0 Å². The number of carbonyl (C=O) groups excluding carboxylic acids is 2. The van der Waals surface area contributed by atoms with Gasteiger partial charge in [0.15, 0.2) is 5.76 Å². The predicted molar refractivity (Wildman–Crippen MR) is 107 cm³/mol. The van der Waals surface area contributed by atoms with Crippen LogP contribution in [-0.4, -0.2) is 11.8 Å². The van der Waals surface area contributed by atoms with Crippen LogP contribution in [0.15, 0.2) is 86.4 Å². The standard InChI is InChI=1S/C22H16N2O6/c25-20(17-12-14-6-4-5-9-18(14)30-22(17)27)23-24-21(26)19-11-10-16(29-19)13-28-15-7-2-1-3-8-15/h1-12H,13H2,(H,23,25)(H,24,26). The first kappa shape index (κ1) is 19.0. The molecular weight excluding hydrogens is 388 g/mol. The van der Waals surface area contributed by atoms with Crippen molar-refractivity contribution in [3.63, 3.8) is 0 Å². The van der Waals surface area contributed by atoms with Gasteiger partial charge in [-0.3, -0.25) is 20.4 Å². The van der Waals surface area contributed by atoms with Crippen LogP contribution >= 0.6 is 0 Å². The van der Waals surface area contributed by atoms with Gasteiger partial charge in [0.25, 0.3) is 5.91 Å². The average Bonchev–Trinajstić information content (AvgIpc) is 3.25. The molecule has 0 aliphatic carbocycles. The van der Waals surface area contributed by atoms with E-state index in [-0.39, 0.29) is 17.9 Å². The van der Waals surface area contributed by atoms with E-state index in [1.165, 1.54) is 12.1 Å². The summed E-state index contributed by atoms with van der Waals surface area (Å²) in [4.78, 5) is 36.5. The van der Waals surface area contributed by atoms with Gasteiger partial charge in [0.2, 0.25) is 0 Å². The second-order valence-corrected chi connectivity index (χ2v) is 6.26. The summed E-state index contributed by atoms with van der Waals surface area (Å²) >= 11 is 0. The first-order chi connectivity index (χ1) is 14.6. The molecule has 2 heterocycles. The molecule has 2 amide bonds. The molecular formula is C22H16N2O6. The quantitative estimate of drug-likeness (QED) is 0.391. The lowest BCUT2D eigenvalue weighted by molar-refractivity contribution is 0.0826. The molecule has 2 aromatic heterocycles. The molecule has 0 bridgehead atoms. The van der Waals surface area contributed by atoms with Gasteiger partial charge in [-0.1, -0.05) is 36.4 Å². The van der Waals surface area contributed by atoms with Crippen molar-refractivity contribution in [2.45, 2.75) is 6.61 Å². The van der Waals surface area contributed by atoms with E-state index in [0.717, 1.165) is 0 Å². The summed E-state index contributed by atoms with van der Waals surface area (Å²) in [5, 5.41) is 0.586. The van der Waals surface area contributed by atoms with E-state index in [9.17, 15) is 14.4 Å². The number of amides is 2. The van der Waals surface area contributed by atoms with Crippen molar-refractivity contribution in [1.82, 2.24) is 10.9 Å². The fraction of sp³-hybridized carbons (Fsp3) is 0.0455. The van der Waals surface area contributed by atoms with Crippen LogP contribution in [0.4, 0.5) is 0 Å². The van der Waals surface area contributed by atoms with Gasteiger partial charge in [-0.05, 0) is 36.4 Å². The highest BCUT2D eigenvalue weighted by Crippen LogP contribution is 2.14. The minimum absolute atomic E-state index is 0.0208. The number of ether oxygens (including phenoxy) is 1. The summed E-state index contributed by atoms with van der Waals surface area (Å²) in [5.74, 6) is -0.402. The normalized spacial score (nSPS) is 10.5. The molecule has 0 aliphatic rings. The zero-order chi connectivity index (χ0) is 20.9. The fourth-order valence-corrected chi connectivity index (χ4v) is 2.71. The molecule has 8 heteroatoms. The molecule has 0 radical (unpaired) electrons. The topological polar surface area (TPSA) is 111 Å². The lowest BCUT2D eigenvalue weighted by Gasteiger charge is -2.06. The van der Waals surface area contributed by atoms with Crippen LogP contribution in [0.1, 0.15) is 26.7 Å². The molecule has 0 saturated heterocycles. The molecule has 4 aromatic rings. The minimum atomic E-state index is -0.807. The second kappa shape index (κ2) is 8.36. The number of fused-ring (bicyclic) bond motifs is 1. The minimum Gasteiger partial charge on any atom is -0.486 e. The number of hydrogen-bond donors (Lipinski definition) is 2. The van der Waals surface area contributed by atoms with Gasteiger partial charge in [0.05, 0.1) is 0 Å². The average molecular weight is 404 g/mol. The van der Waals surface area contributed by atoms with Gasteiger partial charge in [0.1, 0.15) is 29.3 Å². The third kappa shape index (κ3) is 4.22. The molecule has 4 rings (SSSR count). The van der Waals surface area contributed by atoms with E-state index < -0.39 is 17.4 Å². The Labute approximate surface area is 170 Å². The van der Waals surface area contributed by atoms with E-state index in [1.54, 1.807) is 42.5 Å². The maximum absolute atomic E-state index is 12.3. The number of hydrazine groups is 1. The molecule has 0 unspecified atom stereocenters. The lowest BCUT2D eigenvalue weighted by Crippen LogP contribution is -2.43. The number of carbonyl (C=O) groups is 2. The highest BCUT2D eigenvalue weighted by Gasteiger charge is 2.16. The maximum atomic E-state index is 12.3. The van der Waals surface area contributed by atoms with Crippen LogP contribution < -0.4 is 21.2 Å². The van der Waals surface area contributed by atoms with Crippen molar-refractivity contribution in [2.75, 3.05) is 0 Å². The van der Waals surface area contributed by atoms with Gasteiger partial charge in [0, 0.05) is 5.39 Å². The second-order valence-electron chi connectivity index (χ2n) is 6.26. The SMILES string of the molecule is O=C(NNC(=O)c1cc2ccccc2oc1=O)c1ccc(COc2ccccc2)o1. The third-order valence-electron chi connectivity index (χ3n) is 4.19. The first-order valence-corrected chi connectivity index (χ1v) is 9.00. The summed E-state index contributed by atoms with van der Waals surface area (Å²) < 4.78 is 16.1. The van der Waals surface area contributed by atoms with Crippen LogP contribution in [0.5, 0.6) is 5.75 Å². The summed E-state index contributed by atoms with van der Waals surface area (Å²) in [6.07, 6.45) is 0. The van der Waals surface area contributed by atoms with Crippen molar-refractivity contribution in [1.29, 1.82) is 0 Å². The Morgan fingerprint density at radius 3 is 2.40 bits per heavy atom. The van der Waals surface area contributed by atoms with Crippen molar-refractivity contribution in [2.24, 2.45) is 0 Å². The van der Waals surface area contributed by atoms with E-state index in [1.807, 2.05) is 18.2 Å². The molecule has 8 nitrogen and oxygen atoms in total. The fourth-order valence-electron chi connectivity index (χ4n) is 2.71. The van der Waals surface area contributed by atoms with Crippen LogP contribution in [-0.2, 0) is 6.61 Å². The van der Waals surface area contributed by atoms with Crippen molar-refractivity contribution in [3.05, 3.63) is 100 Å². The van der Waals surface area contributed by atoms with Crippen molar-refractivity contribution >= 4 is 22.8 Å². The third-order valence-corrected chi connectivity index (χ3v) is 4.19. The number of nitrogens with one attached hydrogen (secondary N) is 2. The predicted octanol–water partition coefficient (Wildman–Crippen LogP) is 3.04. The van der Waals surface area contributed by atoms with Crippen molar-refractivity contribution in [3.8, 4) is 5.75 Å². The Morgan fingerprint density at radius 1 is 0.833 bits per heavy atom. The van der Waals surface area contributed by atoms with E-state index in [2.05, 4.69) is 10.9 Å². The van der Waals surface area contributed by atoms with E-state index >= 15 is 0 Å². The maximum Gasteiger partial charge on any atom is 0.349 e. The summed E-state index contributed by atoms with van der Waals surface area (Å²) in [5.41, 5.74) is 3.71. The van der Waals surface area contributed by atoms with Crippen LogP contribution in [0.25, 0.3) is 11.0 Å². The largest absolute Gasteiger partial charge is 0.486 e. The summed E-state index contributed by atoms with van der Waals surface area (Å²) in [6, 6.07) is 20.4. The van der Waals surface area contributed by atoms with Crippen LogP contribution in [0, 0.1) is 0 Å². The Morgan fingerprint density at radius 2 is 1.57 bits per heavy atom. The van der Waals surface area contributed by atoms with Crippen LogP contribution in [0.2, 0.25) is 0 Å². The Kier molecular flexibility index (Phi) is 5.29. The molecule has 2 aromatic carbocycles. The molecule has 0 spiro atoms. The smallest absolute Gasteiger partial charge is 0.349 e. The zero-order valence-electron chi connectivity index (χ0n) is 15.6. The molecule has 0 fully saturated rings. The van der Waals surface area contributed by atoms with Gasteiger partial charge in [-0.15, -0.1) is 0 Å². The molecule has 0 aliphatic heterocycles. The summed E-state index contributed by atoms with van der Waals surface area (Å²) in [7, 11) is 0. The number of hydrogen-bond acceptors (Lipinski definition) is 6. The number of furan rings is 1. The monoisotopic (exact) mass is 404 g/mol. The lowest BCUT2D eigenvalue weighted by atomic mass is 10.2. The highest BCUT2D eigenvalue weighted by molar-refractivity contribution is 5.99. The van der Waals surface area contributed by atoms with Gasteiger partial charge in [-0.25, -0.2) is 4.79 Å². The Hall–Kier alpha value is -4.33. The Bertz CT molecular complexity index is 1260. The van der Waals surface area contributed by atoms with Crippen LogP contribution in [0.3, 0.4) is 0 Å². The molecule has 30 heavy (non-hydrogen) atoms. The van der Waals surface area contributed by atoms with E-state index in [4.69, 9.17) is 13.6 Å². The molecule has 2 N–H and O–H groups in total.